The lowest BCUT2D eigenvalue weighted by Gasteiger charge is -1.99. The molecule has 0 aliphatic rings. The zero-order chi connectivity index (χ0) is 11.5. The van der Waals surface area contributed by atoms with Crippen molar-refractivity contribution in [3.05, 3.63) is 39.7 Å². The van der Waals surface area contributed by atoms with Gasteiger partial charge >= 0.3 is 0 Å². The lowest BCUT2D eigenvalue weighted by molar-refractivity contribution is 0.571. The van der Waals surface area contributed by atoms with E-state index in [0.29, 0.717) is 17.5 Å². The molecule has 0 amide bonds. The Morgan fingerprint density at radius 1 is 1.50 bits per heavy atom. The molecule has 0 spiro atoms. The van der Waals surface area contributed by atoms with Crippen LogP contribution in [0.1, 0.15) is 5.69 Å². The maximum atomic E-state index is 6.10. The average molecular weight is 302 g/mol. The molecule has 0 bridgehead atoms. The lowest BCUT2D eigenvalue weighted by Crippen LogP contribution is -2.04. The van der Waals surface area contributed by atoms with Crippen molar-refractivity contribution in [1.29, 1.82) is 0 Å². The van der Waals surface area contributed by atoms with Crippen molar-refractivity contribution in [2.45, 2.75) is 6.54 Å². The Morgan fingerprint density at radius 2 is 2.31 bits per heavy atom. The number of aromatic nitrogens is 1. The fourth-order valence-corrected chi connectivity index (χ4v) is 2.11. The first kappa shape index (κ1) is 11.6. The van der Waals surface area contributed by atoms with Crippen LogP contribution in [-0.4, -0.2) is 12.0 Å². The van der Waals surface area contributed by atoms with Crippen molar-refractivity contribution in [2.75, 3.05) is 7.05 Å². The van der Waals surface area contributed by atoms with E-state index >= 15 is 0 Å². The Balaban J connectivity index is 2.35. The van der Waals surface area contributed by atoms with Gasteiger partial charge in [-0.2, -0.15) is 0 Å². The molecule has 16 heavy (non-hydrogen) atoms. The van der Waals surface area contributed by atoms with Crippen LogP contribution in [0.5, 0.6) is 0 Å². The van der Waals surface area contributed by atoms with E-state index in [1.807, 2.05) is 25.2 Å². The SMILES string of the molecule is CNCc1coc(-c2ccc(Br)cc2Cl)n1. The van der Waals surface area contributed by atoms with E-state index in [9.17, 15) is 0 Å². The van der Waals surface area contributed by atoms with Crippen LogP contribution in [0, 0.1) is 0 Å². The van der Waals surface area contributed by atoms with E-state index in [0.717, 1.165) is 15.7 Å². The van der Waals surface area contributed by atoms with Gasteiger partial charge in [0.1, 0.15) is 6.26 Å². The second-order valence-electron chi connectivity index (χ2n) is 3.30. The van der Waals surface area contributed by atoms with Crippen molar-refractivity contribution in [3.8, 4) is 11.5 Å². The van der Waals surface area contributed by atoms with E-state index < -0.39 is 0 Å². The first-order valence-corrected chi connectivity index (χ1v) is 5.92. The molecule has 2 aromatic rings. The second-order valence-corrected chi connectivity index (χ2v) is 4.62. The van der Waals surface area contributed by atoms with Gasteiger partial charge < -0.3 is 9.73 Å². The Hall–Kier alpha value is -0.840. The molecule has 1 heterocycles. The second kappa shape index (κ2) is 4.99. The molecule has 0 aliphatic heterocycles. The normalized spacial score (nSPS) is 10.7. The smallest absolute Gasteiger partial charge is 0.227 e. The van der Waals surface area contributed by atoms with E-state index in [1.165, 1.54) is 0 Å². The largest absolute Gasteiger partial charge is 0.444 e. The molecule has 5 heteroatoms. The third-order valence-electron chi connectivity index (χ3n) is 2.07. The van der Waals surface area contributed by atoms with Gasteiger partial charge in [-0.05, 0) is 25.2 Å². The van der Waals surface area contributed by atoms with Gasteiger partial charge in [0.15, 0.2) is 0 Å². The van der Waals surface area contributed by atoms with Crippen molar-refractivity contribution in [1.82, 2.24) is 10.3 Å². The van der Waals surface area contributed by atoms with E-state index in [2.05, 4.69) is 26.2 Å². The third kappa shape index (κ3) is 2.45. The topological polar surface area (TPSA) is 38.1 Å². The van der Waals surface area contributed by atoms with Crippen molar-refractivity contribution in [3.63, 3.8) is 0 Å². The molecule has 1 aromatic carbocycles. The summed E-state index contributed by atoms with van der Waals surface area (Å²) in [5.74, 6) is 0.544. The van der Waals surface area contributed by atoms with Crippen LogP contribution in [0.15, 0.2) is 33.4 Å². The summed E-state index contributed by atoms with van der Waals surface area (Å²) in [6.45, 7) is 0.678. The summed E-state index contributed by atoms with van der Waals surface area (Å²) in [6, 6.07) is 5.60. The molecule has 1 aromatic heterocycles. The quantitative estimate of drug-likeness (QED) is 0.943. The predicted molar refractivity (Wildman–Crippen MR) is 67.4 cm³/mol. The van der Waals surface area contributed by atoms with Gasteiger partial charge in [-0.15, -0.1) is 0 Å². The molecule has 0 unspecified atom stereocenters. The summed E-state index contributed by atoms with van der Waals surface area (Å²) in [7, 11) is 1.86. The van der Waals surface area contributed by atoms with Crippen LogP contribution in [0.4, 0.5) is 0 Å². The van der Waals surface area contributed by atoms with Gasteiger partial charge in [-0.3, -0.25) is 0 Å². The number of halogens is 2. The molecule has 2 rings (SSSR count). The summed E-state index contributed by atoms with van der Waals surface area (Å²) in [5, 5.41) is 3.63. The molecule has 1 N–H and O–H groups in total. The number of rotatable bonds is 3. The fourth-order valence-electron chi connectivity index (χ4n) is 1.36. The fraction of sp³-hybridized carbons (Fsp3) is 0.182. The van der Waals surface area contributed by atoms with Crippen molar-refractivity contribution < 1.29 is 4.42 Å². The number of hydrogen-bond donors (Lipinski definition) is 1. The Kier molecular flexibility index (Phi) is 3.63. The molecule has 0 fully saturated rings. The number of nitrogens with zero attached hydrogens (tertiary/aromatic N) is 1. The standard InChI is InChI=1S/C11H10BrClN2O/c1-14-5-8-6-16-11(15-8)9-3-2-7(12)4-10(9)13/h2-4,6,14H,5H2,1H3. The number of nitrogens with one attached hydrogen (secondary N) is 1. The zero-order valence-electron chi connectivity index (χ0n) is 8.63. The van der Waals surface area contributed by atoms with Crippen molar-refractivity contribution >= 4 is 27.5 Å². The molecule has 0 radical (unpaired) electrons. The molecular formula is C11H10BrClN2O. The minimum Gasteiger partial charge on any atom is -0.444 e. The Bertz CT molecular complexity index is 498. The maximum absolute atomic E-state index is 6.10. The summed E-state index contributed by atoms with van der Waals surface area (Å²) < 4.78 is 6.31. The van der Waals surface area contributed by atoms with Crippen LogP contribution < -0.4 is 5.32 Å². The summed E-state index contributed by atoms with van der Waals surface area (Å²) >= 11 is 9.46. The van der Waals surface area contributed by atoms with Crippen LogP contribution in [0.25, 0.3) is 11.5 Å². The zero-order valence-corrected chi connectivity index (χ0v) is 11.0. The molecule has 0 aliphatic carbocycles. The highest BCUT2D eigenvalue weighted by molar-refractivity contribution is 9.10. The average Bonchev–Trinajstić information content (AvgIpc) is 2.67. The van der Waals surface area contributed by atoms with Crippen LogP contribution in [0.2, 0.25) is 5.02 Å². The van der Waals surface area contributed by atoms with E-state index in [4.69, 9.17) is 16.0 Å². The first-order valence-electron chi connectivity index (χ1n) is 4.75. The number of benzene rings is 1. The minimum absolute atomic E-state index is 0.544. The Morgan fingerprint density at radius 3 is 3.00 bits per heavy atom. The number of oxazole rings is 1. The summed E-state index contributed by atoms with van der Waals surface area (Å²) in [6.07, 6.45) is 1.63. The number of hydrogen-bond acceptors (Lipinski definition) is 3. The van der Waals surface area contributed by atoms with Gasteiger partial charge in [0.25, 0.3) is 0 Å². The van der Waals surface area contributed by atoms with Crippen molar-refractivity contribution in [2.24, 2.45) is 0 Å². The predicted octanol–water partition coefficient (Wildman–Crippen LogP) is 3.48. The Labute approximate surface area is 107 Å². The monoisotopic (exact) mass is 300 g/mol. The highest BCUT2D eigenvalue weighted by Crippen LogP contribution is 2.29. The summed E-state index contributed by atoms with van der Waals surface area (Å²) in [5.41, 5.74) is 1.66. The van der Waals surface area contributed by atoms with Gasteiger partial charge in [-0.1, -0.05) is 27.5 Å². The molecular weight excluding hydrogens is 291 g/mol. The molecule has 0 saturated carbocycles. The third-order valence-corrected chi connectivity index (χ3v) is 2.88. The van der Waals surface area contributed by atoms with Gasteiger partial charge in [0, 0.05) is 11.0 Å². The molecule has 84 valence electrons. The summed E-state index contributed by atoms with van der Waals surface area (Å²) in [4.78, 5) is 4.33. The maximum Gasteiger partial charge on any atom is 0.227 e. The highest BCUT2D eigenvalue weighted by atomic mass is 79.9. The molecule has 0 atom stereocenters. The first-order chi connectivity index (χ1) is 7.70. The van der Waals surface area contributed by atoms with Crippen LogP contribution >= 0.6 is 27.5 Å². The van der Waals surface area contributed by atoms with Gasteiger partial charge in [0.05, 0.1) is 16.3 Å². The minimum atomic E-state index is 0.544. The van der Waals surface area contributed by atoms with E-state index in [-0.39, 0.29) is 0 Å². The van der Waals surface area contributed by atoms with Gasteiger partial charge in [0.2, 0.25) is 5.89 Å². The lowest BCUT2D eigenvalue weighted by atomic mass is 10.2. The highest BCUT2D eigenvalue weighted by Gasteiger charge is 2.10. The van der Waals surface area contributed by atoms with Crippen LogP contribution in [0.3, 0.4) is 0 Å². The molecule has 3 nitrogen and oxygen atoms in total. The van der Waals surface area contributed by atoms with E-state index in [1.54, 1.807) is 6.26 Å². The van der Waals surface area contributed by atoms with Crippen LogP contribution in [-0.2, 0) is 6.54 Å². The van der Waals surface area contributed by atoms with Gasteiger partial charge in [-0.25, -0.2) is 4.98 Å². The molecule has 0 saturated heterocycles.